The van der Waals surface area contributed by atoms with Crippen molar-refractivity contribution in [2.45, 2.75) is 6.04 Å². The van der Waals surface area contributed by atoms with Crippen LogP contribution in [0, 0.1) is 0 Å². The number of piperazine rings is 1. The van der Waals surface area contributed by atoms with Gasteiger partial charge in [0.05, 0.1) is 7.11 Å². The first kappa shape index (κ1) is 18.9. The Morgan fingerprint density at radius 3 is 2.90 bits per heavy atom. The SMILES string of the molecule is COc1ccc(-c2noc(C3CNCCN3C(=O)COc3ccccc3)n2)cn1. The van der Waals surface area contributed by atoms with Gasteiger partial charge in [0.2, 0.25) is 11.7 Å². The van der Waals surface area contributed by atoms with Gasteiger partial charge in [0.1, 0.15) is 11.8 Å². The maximum absolute atomic E-state index is 12.8. The van der Waals surface area contributed by atoms with Gasteiger partial charge in [0, 0.05) is 37.5 Å². The lowest BCUT2D eigenvalue weighted by molar-refractivity contribution is -0.137. The van der Waals surface area contributed by atoms with Crippen LogP contribution in [0.15, 0.2) is 53.2 Å². The molecule has 1 amide bonds. The number of amides is 1. The van der Waals surface area contributed by atoms with Crippen LogP contribution in [-0.2, 0) is 4.79 Å². The molecule has 1 N–H and O–H groups in total. The third kappa shape index (κ3) is 4.35. The summed E-state index contributed by atoms with van der Waals surface area (Å²) in [7, 11) is 1.55. The lowest BCUT2D eigenvalue weighted by Crippen LogP contribution is -2.50. The molecule has 1 aromatic carbocycles. The molecule has 150 valence electrons. The number of carbonyl (C=O) groups excluding carboxylic acids is 1. The Hall–Kier alpha value is -3.46. The topological polar surface area (TPSA) is 103 Å². The van der Waals surface area contributed by atoms with Gasteiger partial charge in [0.25, 0.3) is 11.8 Å². The number of aromatic nitrogens is 3. The molecular weight excluding hydrogens is 374 g/mol. The first-order valence-corrected chi connectivity index (χ1v) is 9.26. The molecule has 0 saturated carbocycles. The minimum Gasteiger partial charge on any atom is -0.484 e. The second-order valence-electron chi connectivity index (χ2n) is 6.45. The maximum Gasteiger partial charge on any atom is 0.261 e. The molecule has 3 aromatic rings. The zero-order chi connectivity index (χ0) is 20.1. The molecule has 1 aliphatic rings. The zero-order valence-electron chi connectivity index (χ0n) is 15.9. The van der Waals surface area contributed by atoms with E-state index in [4.69, 9.17) is 14.0 Å². The summed E-state index contributed by atoms with van der Waals surface area (Å²) in [5, 5.41) is 7.31. The number of carbonyl (C=O) groups is 1. The number of ether oxygens (including phenoxy) is 2. The van der Waals surface area contributed by atoms with E-state index in [0.717, 1.165) is 0 Å². The quantitative estimate of drug-likeness (QED) is 0.673. The first-order valence-electron chi connectivity index (χ1n) is 9.26. The van der Waals surface area contributed by atoms with Crippen molar-refractivity contribution in [3.8, 4) is 23.0 Å². The summed E-state index contributed by atoms with van der Waals surface area (Å²) in [5.74, 6) is 1.81. The molecule has 1 aliphatic heterocycles. The highest BCUT2D eigenvalue weighted by Crippen LogP contribution is 2.24. The monoisotopic (exact) mass is 395 g/mol. The largest absolute Gasteiger partial charge is 0.484 e. The molecule has 4 rings (SSSR count). The van der Waals surface area contributed by atoms with E-state index in [1.165, 1.54) is 0 Å². The normalized spacial score (nSPS) is 16.4. The van der Waals surface area contributed by atoms with Gasteiger partial charge in [0.15, 0.2) is 6.61 Å². The highest BCUT2D eigenvalue weighted by atomic mass is 16.5. The first-order chi connectivity index (χ1) is 14.2. The van der Waals surface area contributed by atoms with Crippen LogP contribution in [0.25, 0.3) is 11.4 Å². The minimum atomic E-state index is -0.358. The highest BCUT2D eigenvalue weighted by Gasteiger charge is 2.32. The molecule has 9 nitrogen and oxygen atoms in total. The molecule has 0 aliphatic carbocycles. The Morgan fingerprint density at radius 2 is 2.14 bits per heavy atom. The Kier molecular flexibility index (Phi) is 5.66. The van der Waals surface area contributed by atoms with E-state index < -0.39 is 0 Å². The molecule has 0 radical (unpaired) electrons. The number of para-hydroxylation sites is 1. The molecule has 1 unspecified atom stereocenters. The van der Waals surface area contributed by atoms with Crippen LogP contribution in [0.3, 0.4) is 0 Å². The van der Waals surface area contributed by atoms with Crippen molar-refractivity contribution < 1.29 is 18.8 Å². The van der Waals surface area contributed by atoms with Gasteiger partial charge in [-0.1, -0.05) is 23.4 Å². The van der Waals surface area contributed by atoms with Gasteiger partial charge < -0.3 is 24.2 Å². The second-order valence-corrected chi connectivity index (χ2v) is 6.45. The summed E-state index contributed by atoms with van der Waals surface area (Å²) in [5.41, 5.74) is 0.704. The van der Waals surface area contributed by atoms with Crippen LogP contribution in [0.5, 0.6) is 11.6 Å². The van der Waals surface area contributed by atoms with Crippen LogP contribution in [-0.4, -0.2) is 59.3 Å². The summed E-state index contributed by atoms with van der Waals surface area (Å²) < 4.78 is 16.1. The standard InChI is InChI=1S/C20H21N5O4/c1-27-17-8-7-14(11-22-17)19-23-20(29-24-19)16-12-21-9-10-25(16)18(26)13-28-15-5-3-2-4-6-15/h2-8,11,16,21H,9-10,12-13H2,1H3. The average Bonchev–Trinajstić information content (AvgIpc) is 3.28. The fraction of sp³-hybridized carbons (Fsp3) is 0.300. The van der Waals surface area contributed by atoms with Gasteiger partial charge in [-0.3, -0.25) is 4.79 Å². The van der Waals surface area contributed by atoms with E-state index in [9.17, 15) is 4.79 Å². The lowest BCUT2D eigenvalue weighted by atomic mass is 10.2. The van der Waals surface area contributed by atoms with E-state index in [2.05, 4.69) is 20.4 Å². The predicted molar refractivity (Wildman–Crippen MR) is 103 cm³/mol. The molecule has 1 atom stereocenters. The van der Waals surface area contributed by atoms with Gasteiger partial charge >= 0.3 is 0 Å². The van der Waals surface area contributed by atoms with Crippen LogP contribution in [0.1, 0.15) is 11.9 Å². The number of nitrogens with zero attached hydrogens (tertiary/aromatic N) is 4. The lowest BCUT2D eigenvalue weighted by Gasteiger charge is -2.33. The van der Waals surface area contributed by atoms with Crippen LogP contribution >= 0.6 is 0 Å². The molecule has 3 heterocycles. The van der Waals surface area contributed by atoms with Crippen molar-refractivity contribution in [3.63, 3.8) is 0 Å². The minimum absolute atomic E-state index is 0.0517. The van der Waals surface area contributed by atoms with Crippen molar-refractivity contribution in [2.75, 3.05) is 33.4 Å². The molecule has 1 fully saturated rings. The Morgan fingerprint density at radius 1 is 1.28 bits per heavy atom. The van der Waals surface area contributed by atoms with Gasteiger partial charge in [-0.15, -0.1) is 0 Å². The third-order valence-electron chi connectivity index (χ3n) is 4.60. The number of methoxy groups -OCH3 is 1. The van der Waals surface area contributed by atoms with Crippen LogP contribution in [0.2, 0.25) is 0 Å². The van der Waals surface area contributed by atoms with E-state index >= 15 is 0 Å². The Balaban J connectivity index is 1.47. The molecule has 2 aromatic heterocycles. The van der Waals surface area contributed by atoms with Crippen molar-refractivity contribution in [1.29, 1.82) is 0 Å². The zero-order valence-corrected chi connectivity index (χ0v) is 15.9. The predicted octanol–water partition coefficient (Wildman–Crippen LogP) is 1.69. The van der Waals surface area contributed by atoms with Gasteiger partial charge in [-0.05, 0) is 18.2 Å². The van der Waals surface area contributed by atoms with E-state index in [1.807, 2.05) is 30.3 Å². The average molecular weight is 395 g/mol. The van der Waals surface area contributed by atoms with E-state index in [1.54, 1.807) is 30.3 Å². The molecule has 29 heavy (non-hydrogen) atoms. The maximum atomic E-state index is 12.8. The number of rotatable bonds is 6. The van der Waals surface area contributed by atoms with Crippen LogP contribution < -0.4 is 14.8 Å². The van der Waals surface area contributed by atoms with Crippen molar-refractivity contribution >= 4 is 5.91 Å². The Labute approximate surface area is 167 Å². The van der Waals surface area contributed by atoms with Gasteiger partial charge in [-0.25, -0.2) is 4.98 Å². The fourth-order valence-corrected chi connectivity index (χ4v) is 3.09. The smallest absolute Gasteiger partial charge is 0.261 e. The molecule has 9 heteroatoms. The molecular formula is C20H21N5O4. The number of nitrogens with one attached hydrogen (secondary N) is 1. The number of pyridine rings is 1. The van der Waals surface area contributed by atoms with Crippen molar-refractivity contribution in [2.24, 2.45) is 0 Å². The second kappa shape index (κ2) is 8.70. The number of benzene rings is 1. The van der Waals surface area contributed by atoms with Gasteiger partial charge in [-0.2, -0.15) is 4.98 Å². The molecule has 1 saturated heterocycles. The summed E-state index contributed by atoms with van der Waals surface area (Å²) in [4.78, 5) is 23.1. The van der Waals surface area contributed by atoms with Crippen molar-refractivity contribution in [1.82, 2.24) is 25.3 Å². The molecule has 0 bridgehead atoms. The summed E-state index contributed by atoms with van der Waals surface area (Å²) >= 11 is 0. The Bertz CT molecular complexity index is 945. The third-order valence-corrected chi connectivity index (χ3v) is 4.60. The van der Waals surface area contributed by atoms with Crippen molar-refractivity contribution in [3.05, 3.63) is 54.6 Å². The molecule has 0 spiro atoms. The van der Waals surface area contributed by atoms with Crippen LogP contribution in [0.4, 0.5) is 0 Å². The number of hydrogen-bond acceptors (Lipinski definition) is 8. The van der Waals surface area contributed by atoms with E-state index in [-0.39, 0.29) is 18.6 Å². The van der Waals surface area contributed by atoms with E-state index in [0.29, 0.717) is 48.5 Å². The summed E-state index contributed by atoms with van der Waals surface area (Å²) in [6, 6.07) is 12.4. The number of hydrogen-bond donors (Lipinski definition) is 1. The summed E-state index contributed by atoms with van der Waals surface area (Å²) in [6.45, 7) is 1.70. The fourth-order valence-electron chi connectivity index (χ4n) is 3.09. The summed E-state index contributed by atoms with van der Waals surface area (Å²) in [6.07, 6.45) is 1.61. The highest BCUT2D eigenvalue weighted by molar-refractivity contribution is 5.78.